The van der Waals surface area contributed by atoms with Gasteiger partial charge < -0.3 is 4.79 Å². The summed E-state index contributed by atoms with van der Waals surface area (Å²) in [4.78, 5) is 13.1. The Bertz CT molecular complexity index is 649. The Hall–Kier alpha value is -1.71. The van der Waals surface area contributed by atoms with Gasteiger partial charge in [0.25, 0.3) is 0 Å². The van der Waals surface area contributed by atoms with Crippen molar-refractivity contribution in [3.05, 3.63) is 29.8 Å². The maximum atomic E-state index is 12.3. The molecule has 1 saturated heterocycles. The molecule has 0 bridgehead atoms. The second-order valence-corrected chi connectivity index (χ2v) is 7.30. The number of nitriles is 1. The van der Waals surface area contributed by atoms with E-state index in [1.165, 1.54) is 12.1 Å². The van der Waals surface area contributed by atoms with E-state index in [1.54, 1.807) is 12.1 Å². The van der Waals surface area contributed by atoms with Crippen LogP contribution in [0.4, 0.5) is 0 Å². The van der Waals surface area contributed by atoms with Gasteiger partial charge in [0.2, 0.25) is 0 Å². The second kappa shape index (κ2) is 6.83. The first-order valence-corrected chi connectivity index (χ1v) is 8.64. The predicted molar refractivity (Wildman–Crippen MR) is 78.5 cm³/mol. The minimum atomic E-state index is -3.43. The van der Waals surface area contributed by atoms with Gasteiger partial charge in [0.1, 0.15) is 6.29 Å². The van der Waals surface area contributed by atoms with Gasteiger partial charge >= 0.3 is 0 Å². The summed E-state index contributed by atoms with van der Waals surface area (Å²) in [5.41, 5.74) is 0.333. The molecule has 1 fully saturated rings. The van der Waals surface area contributed by atoms with Gasteiger partial charge in [-0.15, -0.1) is 0 Å². The van der Waals surface area contributed by atoms with Gasteiger partial charge in [-0.3, -0.25) is 4.90 Å². The molecule has 0 N–H and O–H groups in total. The molecular weight excluding hydrogens is 288 g/mol. The van der Waals surface area contributed by atoms with Crippen LogP contribution < -0.4 is 0 Å². The van der Waals surface area contributed by atoms with Crippen LogP contribution in [0.5, 0.6) is 0 Å². The van der Waals surface area contributed by atoms with Crippen molar-refractivity contribution in [1.29, 1.82) is 5.26 Å². The Kier molecular flexibility index (Phi) is 5.10. The molecule has 112 valence electrons. The van der Waals surface area contributed by atoms with E-state index in [9.17, 15) is 13.2 Å². The van der Waals surface area contributed by atoms with Gasteiger partial charge in [-0.05, 0) is 37.6 Å². The van der Waals surface area contributed by atoms with E-state index in [0.29, 0.717) is 12.1 Å². The Morgan fingerprint density at radius 3 is 2.90 bits per heavy atom. The standard InChI is InChI=1S/C15H18N2O3S/c16-11-13-4-3-6-15(10-13)21(19,20)9-8-17-7-2-1-5-14(17)12-18/h3-4,6,10,12,14H,1-2,5,7-9H2. The maximum absolute atomic E-state index is 12.3. The van der Waals surface area contributed by atoms with Crippen molar-refractivity contribution < 1.29 is 13.2 Å². The number of likely N-dealkylation sites (tertiary alicyclic amines) is 1. The predicted octanol–water partition coefficient (Wildman–Crippen LogP) is 1.39. The molecule has 2 rings (SSSR count). The summed E-state index contributed by atoms with van der Waals surface area (Å²) in [6.07, 6.45) is 3.71. The van der Waals surface area contributed by atoms with Crippen LogP contribution in [0.3, 0.4) is 0 Å². The van der Waals surface area contributed by atoms with Crippen molar-refractivity contribution in [2.24, 2.45) is 0 Å². The van der Waals surface area contributed by atoms with E-state index < -0.39 is 9.84 Å². The number of benzene rings is 1. The molecule has 1 aliphatic rings. The smallest absolute Gasteiger partial charge is 0.179 e. The van der Waals surface area contributed by atoms with Crippen LogP contribution in [-0.4, -0.2) is 44.5 Å². The van der Waals surface area contributed by atoms with E-state index in [2.05, 4.69) is 0 Å². The van der Waals surface area contributed by atoms with E-state index in [-0.39, 0.29) is 16.7 Å². The third-order valence-electron chi connectivity index (χ3n) is 3.79. The van der Waals surface area contributed by atoms with Crippen LogP contribution in [0, 0.1) is 11.3 Å². The zero-order valence-corrected chi connectivity index (χ0v) is 12.6. The zero-order valence-electron chi connectivity index (χ0n) is 11.7. The molecule has 1 aromatic rings. The first kappa shape index (κ1) is 15.7. The highest BCUT2D eigenvalue weighted by Crippen LogP contribution is 2.17. The normalized spacial score (nSPS) is 19.9. The van der Waals surface area contributed by atoms with Crippen LogP contribution in [0.1, 0.15) is 24.8 Å². The molecule has 0 spiro atoms. The number of aldehydes is 1. The average Bonchev–Trinajstić information content (AvgIpc) is 2.53. The number of carbonyl (C=O) groups is 1. The highest BCUT2D eigenvalue weighted by molar-refractivity contribution is 7.91. The third kappa shape index (κ3) is 3.90. The number of rotatable bonds is 5. The monoisotopic (exact) mass is 306 g/mol. The van der Waals surface area contributed by atoms with Gasteiger partial charge in [-0.25, -0.2) is 8.42 Å². The van der Waals surface area contributed by atoms with Crippen molar-refractivity contribution >= 4 is 16.1 Å². The number of nitrogens with zero attached hydrogens (tertiary/aromatic N) is 2. The third-order valence-corrected chi connectivity index (χ3v) is 5.48. The summed E-state index contributed by atoms with van der Waals surface area (Å²) in [5.74, 6) is -0.0355. The molecule has 1 aliphatic heterocycles. The highest BCUT2D eigenvalue weighted by atomic mass is 32.2. The Labute approximate surface area is 125 Å². The first-order valence-electron chi connectivity index (χ1n) is 6.99. The lowest BCUT2D eigenvalue weighted by molar-refractivity contribution is -0.113. The minimum Gasteiger partial charge on any atom is -0.302 e. The molecule has 1 unspecified atom stereocenters. The summed E-state index contributed by atoms with van der Waals surface area (Å²) in [5, 5.41) is 8.84. The summed E-state index contributed by atoms with van der Waals surface area (Å²) in [6, 6.07) is 7.81. The van der Waals surface area contributed by atoms with Crippen molar-refractivity contribution in [3.63, 3.8) is 0 Å². The lowest BCUT2D eigenvalue weighted by atomic mass is 10.0. The Morgan fingerprint density at radius 1 is 1.38 bits per heavy atom. The molecule has 1 heterocycles. The maximum Gasteiger partial charge on any atom is 0.179 e. The van der Waals surface area contributed by atoms with Crippen molar-refractivity contribution in [3.8, 4) is 6.07 Å². The Balaban J connectivity index is 2.07. The van der Waals surface area contributed by atoms with Crippen molar-refractivity contribution in [2.75, 3.05) is 18.8 Å². The van der Waals surface area contributed by atoms with Crippen LogP contribution in [0.2, 0.25) is 0 Å². The number of sulfone groups is 1. The van der Waals surface area contributed by atoms with Gasteiger partial charge in [-0.1, -0.05) is 12.5 Å². The Morgan fingerprint density at radius 2 is 2.19 bits per heavy atom. The first-order chi connectivity index (χ1) is 10.1. The molecule has 21 heavy (non-hydrogen) atoms. The fraction of sp³-hybridized carbons (Fsp3) is 0.467. The van der Waals surface area contributed by atoms with E-state index in [0.717, 1.165) is 32.1 Å². The van der Waals surface area contributed by atoms with Gasteiger partial charge in [0, 0.05) is 6.54 Å². The number of hydrogen-bond donors (Lipinski definition) is 0. The summed E-state index contributed by atoms with van der Waals surface area (Å²) in [6.45, 7) is 1.11. The van der Waals surface area contributed by atoms with Crippen LogP contribution >= 0.6 is 0 Å². The number of piperidine rings is 1. The minimum absolute atomic E-state index is 0.0355. The topological polar surface area (TPSA) is 78.2 Å². The number of carbonyl (C=O) groups excluding carboxylic acids is 1. The van der Waals surface area contributed by atoms with E-state index >= 15 is 0 Å². The molecule has 1 atom stereocenters. The van der Waals surface area contributed by atoms with E-state index in [1.807, 2.05) is 11.0 Å². The molecule has 0 aromatic heterocycles. The summed E-state index contributed by atoms with van der Waals surface area (Å²) < 4.78 is 24.6. The quantitative estimate of drug-likeness (QED) is 0.768. The molecule has 5 nitrogen and oxygen atoms in total. The van der Waals surface area contributed by atoms with Gasteiger partial charge in [0.05, 0.1) is 28.3 Å². The molecule has 1 aromatic carbocycles. The van der Waals surface area contributed by atoms with Gasteiger partial charge in [0.15, 0.2) is 9.84 Å². The molecule has 6 heteroatoms. The van der Waals surface area contributed by atoms with Crippen molar-refractivity contribution in [2.45, 2.75) is 30.2 Å². The van der Waals surface area contributed by atoms with Crippen LogP contribution in [-0.2, 0) is 14.6 Å². The van der Waals surface area contributed by atoms with Gasteiger partial charge in [-0.2, -0.15) is 5.26 Å². The zero-order chi connectivity index (χ0) is 15.3. The molecule has 0 aliphatic carbocycles. The molecule has 0 radical (unpaired) electrons. The molecule has 0 amide bonds. The SMILES string of the molecule is N#Cc1cccc(S(=O)(=O)CCN2CCCCC2C=O)c1. The second-order valence-electron chi connectivity index (χ2n) is 5.19. The lowest BCUT2D eigenvalue weighted by Gasteiger charge is -2.31. The van der Waals surface area contributed by atoms with Crippen LogP contribution in [0.25, 0.3) is 0 Å². The fourth-order valence-electron chi connectivity index (χ4n) is 2.56. The average molecular weight is 306 g/mol. The highest BCUT2D eigenvalue weighted by Gasteiger charge is 2.24. The van der Waals surface area contributed by atoms with E-state index in [4.69, 9.17) is 5.26 Å². The summed E-state index contributed by atoms with van der Waals surface area (Å²) >= 11 is 0. The van der Waals surface area contributed by atoms with Crippen LogP contribution in [0.15, 0.2) is 29.2 Å². The fourth-order valence-corrected chi connectivity index (χ4v) is 3.87. The molecular formula is C15H18N2O3S. The number of hydrogen-bond acceptors (Lipinski definition) is 5. The molecule has 0 saturated carbocycles. The lowest BCUT2D eigenvalue weighted by Crippen LogP contribution is -2.42. The summed E-state index contributed by atoms with van der Waals surface area (Å²) in [7, 11) is -3.43. The largest absolute Gasteiger partial charge is 0.302 e. The van der Waals surface area contributed by atoms with Crippen molar-refractivity contribution in [1.82, 2.24) is 4.90 Å².